The number of anilines is 1. The fraction of sp³-hybridized carbons (Fsp3) is 0.353. The van der Waals surface area contributed by atoms with Crippen LogP contribution in [0.4, 0.5) is 5.69 Å². The normalized spacial score (nSPS) is 14.1. The van der Waals surface area contributed by atoms with Crippen molar-refractivity contribution in [1.29, 1.82) is 0 Å². The van der Waals surface area contributed by atoms with Crippen molar-refractivity contribution in [2.24, 2.45) is 0 Å². The number of ether oxygens (including phenoxy) is 2. The summed E-state index contributed by atoms with van der Waals surface area (Å²) in [5, 5.41) is 3.51. The van der Waals surface area contributed by atoms with Crippen molar-refractivity contribution >= 4 is 5.69 Å². The van der Waals surface area contributed by atoms with Crippen molar-refractivity contribution in [3.05, 3.63) is 46.8 Å². The summed E-state index contributed by atoms with van der Waals surface area (Å²) in [6, 6.07) is 8.23. The molecule has 2 aromatic rings. The van der Waals surface area contributed by atoms with Crippen LogP contribution in [0.3, 0.4) is 0 Å². The average Bonchev–Trinajstić information content (AvgIpc) is 2.84. The number of pyridine rings is 1. The van der Waals surface area contributed by atoms with Crippen molar-refractivity contribution in [3.63, 3.8) is 0 Å². The first-order valence-electron chi connectivity index (χ1n) is 7.15. The summed E-state index contributed by atoms with van der Waals surface area (Å²) < 4.78 is 10.7. The Hall–Kier alpha value is -2.23. The van der Waals surface area contributed by atoms with Crippen LogP contribution in [0, 0.1) is 20.8 Å². The van der Waals surface area contributed by atoms with E-state index in [0.717, 1.165) is 28.6 Å². The Morgan fingerprint density at radius 1 is 1.10 bits per heavy atom. The number of aryl methyl sites for hydroxylation is 3. The van der Waals surface area contributed by atoms with Gasteiger partial charge in [-0.3, -0.25) is 4.98 Å². The van der Waals surface area contributed by atoms with E-state index in [1.165, 1.54) is 11.1 Å². The SMILES string of the molecule is Cc1cc(C)c(C(C)Nc2ccc3c(c2)OCO3)c(C)n1. The van der Waals surface area contributed by atoms with E-state index in [0.29, 0.717) is 6.79 Å². The van der Waals surface area contributed by atoms with Gasteiger partial charge < -0.3 is 14.8 Å². The van der Waals surface area contributed by atoms with Crippen LogP contribution in [-0.4, -0.2) is 11.8 Å². The van der Waals surface area contributed by atoms with Crippen molar-refractivity contribution < 1.29 is 9.47 Å². The second kappa shape index (κ2) is 5.28. The van der Waals surface area contributed by atoms with Gasteiger partial charge in [0.15, 0.2) is 11.5 Å². The van der Waals surface area contributed by atoms with Crippen LogP contribution in [0.1, 0.15) is 35.5 Å². The molecule has 3 rings (SSSR count). The first kappa shape index (κ1) is 13.7. The first-order chi connectivity index (χ1) is 10.0. The third-order valence-electron chi connectivity index (χ3n) is 3.77. The maximum absolute atomic E-state index is 5.41. The smallest absolute Gasteiger partial charge is 0.231 e. The molecule has 1 aromatic heterocycles. The predicted molar refractivity (Wildman–Crippen MR) is 83.1 cm³/mol. The Labute approximate surface area is 125 Å². The van der Waals surface area contributed by atoms with Crippen molar-refractivity contribution in [2.75, 3.05) is 12.1 Å². The molecule has 21 heavy (non-hydrogen) atoms. The van der Waals surface area contributed by atoms with Crippen LogP contribution in [0.5, 0.6) is 11.5 Å². The minimum absolute atomic E-state index is 0.179. The van der Waals surface area contributed by atoms with E-state index in [2.05, 4.69) is 37.1 Å². The molecule has 4 heteroatoms. The number of fused-ring (bicyclic) bond motifs is 1. The summed E-state index contributed by atoms with van der Waals surface area (Å²) >= 11 is 0. The van der Waals surface area contributed by atoms with E-state index in [1.54, 1.807) is 0 Å². The van der Waals surface area contributed by atoms with Crippen LogP contribution < -0.4 is 14.8 Å². The largest absolute Gasteiger partial charge is 0.454 e. The van der Waals surface area contributed by atoms with Crippen LogP contribution >= 0.6 is 0 Å². The van der Waals surface area contributed by atoms with E-state index < -0.39 is 0 Å². The van der Waals surface area contributed by atoms with Crippen LogP contribution in [0.25, 0.3) is 0 Å². The lowest BCUT2D eigenvalue weighted by Gasteiger charge is -2.20. The molecule has 0 radical (unpaired) electrons. The van der Waals surface area contributed by atoms with Gasteiger partial charge in [0.2, 0.25) is 6.79 Å². The molecule has 0 fully saturated rings. The second-order valence-electron chi connectivity index (χ2n) is 5.51. The van der Waals surface area contributed by atoms with Crippen LogP contribution in [-0.2, 0) is 0 Å². The average molecular weight is 284 g/mol. The van der Waals surface area contributed by atoms with Gasteiger partial charge >= 0.3 is 0 Å². The van der Waals surface area contributed by atoms with Gasteiger partial charge in [0.1, 0.15) is 0 Å². The van der Waals surface area contributed by atoms with Gasteiger partial charge in [-0.25, -0.2) is 0 Å². The lowest BCUT2D eigenvalue weighted by atomic mass is 10.00. The number of benzene rings is 1. The number of rotatable bonds is 3. The molecular formula is C17H20N2O2. The highest BCUT2D eigenvalue weighted by Gasteiger charge is 2.16. The third kappa shape index (κ3) is 2.66. The number of nitrogens with one attached hydrogen (secondary N) is 1. The molecule has 110 valence electrons. The summed E-state index contributed by atoms with van der Waals surface area (Å²) in [6.07, 6.45) is 0. The third-order valence-corrected chi connectivity index (χ3v) is 3.77. The Morgan fingerprint density at radius 3 is 2.62 bits per heavy atom. The highest BCUT2D eigenvalue weighted by molar-refractivity contribution is 5.56. The second-order valence-corrected chi connectivity index (χ2v) is 5.51. The lowest BCUT2D eigenvalue weighted by molar-refractivity contribution is 0.174. The Morgan fingerprint density at radius 2 is 1.86 bits per heavy atom. The van der Waals surface area contributed by atoms with Gasteiger partial charge in [-0.15, -0.1) is 0 Å². The zero-order valence-corrected chi connectivity index (χ0v) is 12.9. The molecule has 0 spiro atoms. The number of hydrogen-bond acceptors (Lipinski definition) is 4. The van der Waals surface area contributed by atoms with E-state index in [-0.39, 0.29) is 6.04 Å². The Bertz CT molecular complexity index is 659. The molecular weight excluding hydrogens is 264 g/mol. The molecule has 0 saturated heterocycles. The van der Waals surface area contributed by atoms with Crippen molar-refractivity contribution in [2.45, 2.75) is 33.7 Å². The molecule has 1 aromatic carbocycles. The fourth-order valence-electron chi connectivity index (χ4n) is 3.00. The topological polar surface area (TPSA) is 43.4 Å². The summed E-state index contributed by atoms with van der Waals surface area (Å²) in [5.41, 5.74) is 5.67. The van der Waals surface area contributed by atoms with Gasteiger partial charge in [-0.05, 0) is 57.0 Å². The molecule has 1 unspecified atom stereocenters. The molecule has 4 nitrogen and oxygen atoms in total. The molecule has 0 aliphatic carbocycles. The molecule has 1 aliphatic heterocycles. The van der Waals surface area contributed by atoms with Crippen LogP contribution in [0.15, 0.2) is 24.3 Å². The number of hydrogen-bond donors (Lipinski definition) is 1. The molecule has 1 atom stereocenters. The zero-order chi connectivity index (χ0) is 15.0. The van der Waals surface area contributed by atoms with Gasteiger partial charge in [0.25, 0.3) is 0 Å². The van der Waals surface area contributed by atoms with Gasteiger partial charge in [-0.1, -0.05) is 0 Å². The highest BCUT2D eigenvalue weighted by atomic mass is 16.7. The number of nitrogens with zero attached hydrogens (tertiary/aromatic N) is 1. The minimum Gasteiger partial charge on any atom is -0.454 e. The minimum atomic E-state index is 0.179. The fourth-order valence-corrected chi connectivity index (χ4v) is 3.00. The lowest BCUT2D eigenvalue weighted by Crippen LogP contribution is -2.11. The maximum atomic E-state index is 5.41. The summed E-state index contributed by atoms with van der Waals surface area (Å²) in [7, 11) is 0. The van der Waals surface area contributed by atoms with E-state index >= 15 is 0 Å². The maximum Gasteiger partial charge on any atom is 0.231 e. The van der Waals surface area contributed by atoms with Gasteiger partial charge in [0, 0.05) is 23.1 Å². The molecule has 1 aliphatic rings. The van der Waals surface area contributed by atoms with E-state index in [4.69, 9.17) is 9.47 Å². The van der Waals surface area contributed by atoms with Crippen molar-refractivity contribution in [3.8, 4) is 11.5 Å². The highest BCUT2D eigenvalue weighted by Crippen LogP contribution is 2.35. The molecule has 2 heterocycles. The van der Waals surface area contributed by atoms with Gasteiger partial charge in [0.05, 0.1) is 6.04 Å². The summed E-state index contributed by atoms with van der Waals surface area (Å²) in [6.45, 7) is 8.67. The number of aromatic nitrogens is 1. The molecule has 0 bridgehead atoms. The monoisotopic (exact) mass is 284 g/mol. The summed E-state index contributed by atoms with van der Waals surface area (Å²) in [4.78, 5) is 4.57. The predicted octanol–water partition coefficient (Wildman–Crippen LogP) is 3.91. The summed E-state index contributed by atoms with van der Waals surface area (Å²) in [5.74, 6) is 1.60. The molecule has 0 saturated carbocycles. The van der Waals surface area contributed by atoms with E-state index in [1.807, 2.05) is 25.1 Å². The quantitative estimate of drug-likeness (QED) is 0.928. The molecule has 0 amide bonds. The standard InChI is InChI=1S/C17H20N2O2/c1-10-7-11(2)18-12(3)17(10)13(4)19-14-5-6-15-16(8-14)21-9-20-15/h5-8,13,19H,9H2,1-4H3. The van der Waals surface area contributed by atoms with E-state index in [9.17, 15) is 0 Å². The Balaban J connectivity index is 1.85. The molecule has 1 N–H and O–H groups in total. The zero-order valence-electron chi connectivity index (χ0n) is 12.9. The van der Waals surface area contributed by atoms with Crippen molar-refractivity contribution in [1.82, 2.24) is 4.98 Å². The Kier molecular flexibility index (Phi) is 3.45. The first-order valence-corrected chi connectivity index (χ1v) is 7.15. The van der Waals surface area contributed by atoms with Gasteiger partial charge in [-0.2, -0.15) is 0 Å². The van der Waals surface area contributed by atoms with Crippen LogP contribution in [0.2, 0.25) is 0 Å².